The van der Waals surface area contributed by atoms with Gasteiger partial charge in [-0.3, -0.25) is 15.1 Å². The van der Waals surface area contributed by atoms with Gasteiger partial charge < -0.3 is 4.74 Å². The Bertz CT molecular complexity index is 568. The van der Waals surface area contributed by atoms with Gasteiger partial charge in [0.05, 0.1) is 22.7 Å². The fourth-order valence-corrected chi connectivity index (χ4v) is 3.28. The normalized spacial score (nSPS) is 26.2. The van der Waals surface area contributed by atoms with Crippen molar-refractivity contribution in [2.75, 3.05) is 0 Å². The summed E-state index contributed by atoms with van der Waals surface area (Å²) in [6, 6.07) is 1.71. The van der Waals surface area contributed by atoms with E-state index in [1.54, 1.807) is 12.3 Å². The van der Waals surface area contributed by atoms with Crippen LogP contribution < -0.4 is 0 Å². The highest BCUT2D eigenvalue weighted by Crippen LogP contribution is 2.42. The second-order valence-electron chi connectivity index (χ2n) is 5.56. The summed E-state index contributed by atoms with van der Waals surface area (Å²) in [7, 11) is 0. The van der Waals surface area contributed by atoms with Crippen LogP contribution in [0.25, 0.3) is 0 Å². The predicted molar refractivity (Wildman–Crippen MR) is 74.3 cm³/mol. The molecule has 0 saturated heterocycles. The first-order valence-electron chi connectivity index (χ1n) is 7.09. The molecule has 0 aromatic carbocycles. The quantitative estimate of drug-likeness (QED) is 0.468. The molecule has 0 N–H and O–H groups in total. The number of ether oxygens (including phenoxy) is 1. The number of aromatic nitrogens is 1. The van der Waals surface area contributed by atoms with Crippen LogP contribution >= 0.6 is 0 Å². The summed E-state index contributed by atoms with van der Waals surface area (Å²) in [5.74, 6) is 0. The number of nitro groups is 1. The van der Waals surface area contributed by atoms with E-state index in [9.17, 15) is 10.1 Å². The fraction of sp³-hybridized carbons (Fsp3) is 0.533. The number of nitrogens with zero attached hydrogens (tertiary/aromatic N) is 2. The van der Waals surface area contributed by atoms with Gasteiger partial charge in [-0.05, 0) is 44.2 Å². The van der Waals surface area contributed by atoms with Crippen LogP contribution in [-0.2, 0) is 4.74 Å². The van der Waals surface area contributed by atoms with E-state index in [-0.39, 0.29) is 22.8 Å². The van der Waals surface area contributed by atoms with E-state index in [4.69, 9.17) is 4.74 Å². The summed E-state index contributed by atoms with van der Waals surface area (Å²) in [5, 5.41) is 11.1. The SMILES string of the molecule is CC1=C2CCCC[C@H]2O[C@@H](c2ccncc2[N+](=O)[O-])C1. The van der Waals surface area contributed by atoms with Crippen molar-refractivity contribution in [1.29, 1.82) is 0 Å². The topological polar surface area (TPSA) is 65.3 Å². The maximum absolute atomic E-state index is 11.1. The largest absolute Gasteiger partial charge is 0.365 e. The highest BCUT2D eigenvalue weighted by Gasteiger charge is 2.33. The highest BCUT2D eigenvalue weighted by atomic mass is 16.6. The smallest absolute Gasteiger partial charge is 0.293 e. The molecule has 20 heavy (non-hydrogen) atoms. The number of rotatable bonds is 2. The van der Waals surface area contributed by atoms with Crippen molar-refractivity contribution in [3.63, 3.8) is 0 Å². The zero-order chi connectivity index (χ0) is 14.1. The van der Waals surface area contributed by atoms with E-state index >= 15 is 0 Å². The molecule has 0 radical (unpaired) electrons. The Hall–Kier alpha value is -1.75. The van der Waals surface area contributed by atoms with Crippen LogP contribution in [0.4, 0.5) is 5.69 Å². The summed E-state index contributed by atoms with van der Waals surface area (Å²) in [5.41, 5.74) is 3.47. The highest BCUT2D eigenvalue weighted by molar-refractivity contribution is 5.40. The number of hydrogen-bond donors (Lipinski definition) is 0. The molecule has 1 aromatic heterocycles. The van der Waals surface area contributed by atoms with E-state index < -0.39 is 0 Å². The summed E-state index contributed by atoms with van der Waals surface area (Å²) in [6.07, 6.45) is 8.13. The van der Waals surface area contributed by atoms with Crippen molar-refractivity contribution in [3.05, 3.63) is 45.3 Å². The van der Waals surface area contributed by atoms with Gasteiger partial charge in [-0.25, -0.2) is 0 Å². The monoisotopic (exact) mass is 274 g/mol. The van der Waals surface area contributed by atoms with Crippen molar-refractivity contribution in [2.45, 2.75) is 51.2 Å². The lowest BCUT2D eigenvalue weighted by Gasteiger charge is -2.36. The Morgan fingerprint density at radius 2 is 2.25 bits per heavy atom. The number of fused-ring (bicyclic) bond motifs is 1. The lowest BCUT2D eigenvalue weighted by Crippen LogP contribution is -2.28. The third-order valence-corrected chi connectivity index (χ3v) is 4.30. The molecule has 3 rings (SSSR count). The minimum atomic E-state index is -0.374. The van der Waals surface area contributed by atoms with Crippen molar-refractivity contribution >= 4 is 5.69 Å². The molecule has 2 aliphatic rings. The van der Waals surface area contributed by atoms with Crippen LogP contribution in [0.15, 0.2) is 29.6 Å². The number of pyridine rings is 1. The molecule has 1 fully saturated rings. The van der Waals surface area contributed by atoms with Gasteiger partial charge in [0.1, 0.15) is 6.20 Å². The first-order chi connectivity index (χ1) is 9.66. The molecule has 106 valence electrons. The zero-order valence-corrected chi connectivity index (χ0v) is 11.5. The minimum Gasteiger partial charge on any atom is -0.365 e. The van der Waals surface area contributed by atoms with E-state index in [0.29, 0.717) is 5.56 Å². The predicted octanol–water partition coefficient (Wildman–Crippen LogP) is 3.71. The molecule has 0 amide bonds. The lowest BCUT2D eigenvalue weighted by molar-refractivity contribution is -0.386. The molecule has 0 unspecified atom stereocenters. The third-order valence-electron chi connectivity index (χ3n) is 4.30. The van der Waals surface area contributed by atoms with Gasteiger partial charge in [-0.15, -0.1) is 0 Å². The molecule has 5 nitrogen and oxygen atoms in total. The Morgan fingerprint density at radius 3 is 3.05 bits per heavy atom. The summed E-state index contributed by atoms with van der Waals surface area (Å²) < 4.78 is 6.15. The molecule has 2 heterocycles. The van der Waals surface area contributed by atoms with Crippen molar-refractivity contribution in [1.82, 2.24) is 4.98 Å². The first-order valence-corrected chi connectivity index (χ1v) is 7.09. The Balaban J connectivity index is 1.93. The Labute approximate surface area is 117 Å². The van der Waals surface area contributed by atoms with Crippen molar-refractivity contribution < 1.29 is 9.66 Å². The standard InChI is InChI=1S/C15H18N2O3/c1-10-8-15(20-14-5-3-2-4-11(10)14)12-6-7-16-9-13(12)17(18)19/h6-7,9,14-15H,2-5,8H2,1H3/t14-,15-/m1/s1. The zero-order valence-electron chi connectivity index (χ0n) is 11.5. The van der Waals surface area contributed by atoms with Crippen molar-refractivity contribution in [2.24, 2.45) is 0 Å². The summed E-state index contributed by atoms with van der Waals surface area (Å²) >= 11 is 0. The van der Waals surface area contributed by atoms with Gasteiger partial charge in [0, 0.05) is 6.20 Å². The van der Waals surface area contributed by atoms with E-state index in [2.05, 4.69) is 11.9 Å². The van der Waals surface area contributed by atoms with E-state index in [1.807, 2.05) is 0 Å². The van der Waals surface area contributed by atoms with Crippen molar-refractivity contribution in [3.8, 4) is 0 Å². The van der Waals surface area contributed by atoms with Gasteiger partial charge in [0.15, 0.2) is 0 Å². The number of hydrogen-bond acceptors (Lipinski definition) is 4. The van der Waals surface area contributed by atoms with Gasteiger partial charge in [0.25, 0.3) is 5.69 Å². The van der Waals surface area contributed by atoms with Crippen LogP contribution in [0.5, 0.6) is 0 Å². The minimum absolute atomic E-state index is 0.0598. The summed E-state index contributed by atoms with van der Waals surface area (Å²) in [4.78, 5) is 14.6. The van der Waals surface area contributed by atoms with Crippen LogP contribution in [0.2, 0.25) is 0 Å². The summed E-state index contributed by atoms with van der Waals surface area (Å²) in [6.45, 7) is 2.14. The molecule has 0 bridgehead atoms. The van der Waals surface area contributed by atoms with Gasteiger partial charge in [-0.2, -0.15) is 0 Å². The molecule has 0 spiro atoms. The molecule has 1 aromatic rings. The third kappa shape index (κ3) is 2.33. The Kier molecular flexibility index (Phi) is 3.53. The van der Waals surface area contributed by atoms with Gasteiger partial charge in [0.2, 0.25) is 0 Å². The van der Waals surface area contributed by atoms with Gasteiger partial charge in [-0.1, -0.05) is 12.0 Å². The molecule has 2 atom stereocenters. The fourth-order valence-electron chi connectivity index (χ4n) is 3.28. The first kappa shape index (κ1) is 13.2. The average molecular weight is 274 g/mol. The molecule has 1 aliphatic heterocycles. The second-order valence-corrected chi connectivity index (χ2v) is 5.56. The van der Waals surface area contributed by atoms with E-state index in [1.165, 1.54) is 30.2 Å². The average Bonchev–Trinajstić information content (AvgIpc) is 2.47. The van der Waals surface area contributed by atoms with Crippen LogP contribution in [0.3, 0.4) is 0 Å². The molecule has 5 heteroatoms. The van der Waals surface area contributed by atoms with Crippen LogP contribution in [0, 0.1) is 10.1 Å². The molecule has 1 saturated carbocycles. The maximum Gasteiger partial charge on any atom is 0.293 e. The molecular weight excluding hydrogens is 256 g/mol. The van der Waals surface area contributed by atoms with Crippen LogP contribution in [-0.4, -0.2) is 16.0 Å². The van der Waals surface area contributed by atoms with E-state index in [0.717, 1.165) is 19.3 Å². The maximum atomic E-state index is 11.1. The van der Waals surface area contributed by atoms with Gasteiger partial charge >= 0.3 is 0 Å². The molecule has 1 aliphatic carbocycles. The molecular formula is C15H18N2O3. The van der Waals surface area contributed by atoms with Crippen LogP contribution in [0.1, 0.15) is 50.7 Å². The lowest BCUT2D eigenvalue weighted by atomic mass is 9.84. The second kappa shape index (κ2) is 5.32. The Morgan fingerprint density at radius 1 is 1.40 bits per heavy atom.